The summed E-state index contributed by atoms with van der Waals surface area (Å²) in [6, 6.07) is 58.7. The molecule has 8 nitrogen and oxygen atoms in total. The molecule has 0 radical (unpaired) electrons. The third-order valence-electron chi connectivity index (χ3n) is 9.93. The van der Waals surface area contributed by atoms with Crippen LogP contribution in [0.2, 0.25) is 0 Å². The molecule has 1 aliphatic rings. The van der Waals surface area contributed by atoms with Gasteiger partial charge in [-0.1, -0.05) is 35.4 Å². The highest BCUT2D eigenvalue weighted by molar-refractivity contribution is 6.01. The summed E-state index contributed by atoms with van der Waals surface area (Å²) in [5.41, 5.74) is 16.4. The van der Waals surface area contributed by atoms with Crippen molar-refractivity contribution < 1.29 is 10.3 Å². The zero-order valence-corrected chi connectivity index (χ0v) is 36.6. The number of anilines is 11. The summed E-state index contributed by atoms with van der Waals surface area (Å²) in [6.45, 7) is 4.18. The van der Waals surface area contributed by atoms with E-state index in [9.17, 15) is 0 Å². The number of aryl methyl sites for hydroxylation is 2. The van der Waals surface area contributed by atoms with Gasteiger partial charge in [-0.25, -0.2) is 4.99 Å². The van der Waals surface area contributed by atoms with Crippen LogP contribution in [0.4, 0.5) is 68.2 Å². The minimum Gasteiger partial charge on any atom is -0.388 e. The van der Waals surface area contributed by atoms with Crippen molar-refractivity contribution in [2.45, 2.75) is 19.9 Å². The van der Waals surface area contributed by atoms with Gasteiger partial charge in [-0.3, -0.25) is 0 Å². The molecule has 7 aromatic rings. The molecule has 0 bridgehead atoms. The zero-order chi connectivity index (χ0) is 41.5. The Morgan fingerprint density at radius 2 is 0.613 bits per heavy atom. The van der Waals surface area contributed by atoms with Gasteiger partial charge in [0.15, 0.2) is 0 Å². The number of likely N-dealkylation sites (N-methyl/N-ethyl adjacent to an activating group) is 1. The molecule has 0 unspecified atom stereocenters. The molecule has 0 saturated carbocycles. The van der Waals surface area contributed by atoms with Crippen LogP contribution in [0.25, 0.3) is 0 Å². The van der Waals surface area contributed by atoms with Crippen molar-refractivity contribution in [2.24, 2.45) is 0 Å². The van der Waals surface area contributed by atoms with Crippen LogP contribution in [0.3, 0.4) is 0 Å². The molecule has 0 atom stereocenters. The van der Waals surface area contributed by atoms with Crippen molar-refractivity contribution in [3.8, 4) is 0 Å². The lowest BCUT2D eigenvalue weighted by atomic mass is 10.1. The third-order valence-corrected chi connectivity index (χ3v) is 9.93. The molecular formula is C54H60N8. The molecule has 1 aliphatic carbocycles. The molecule has 8 rings (SSSR count). The van der Waals surface area contributed by atoms with E-state index < -0.39 is 0 Å². The summed E-state index contributed by atoms with van der Waals surface area (Å²) in [7, 11) is 4.00. The maximum absolute atomic E-state index is 3.45. The lowest BCUT2D eigenvalue weighted by Crippen LogP contribution is -2.85. The van der Waals surface area contributed by atoms with Crippen LogP contribution in [0.15, 0.2) is 194 Å². The monoisotopic (exact) mass is 820 g/mol. The molecule has 0 aliphatic heterocycles. The van der Waals surface area contributed by atoms with Gasteiger partial charge in [0.25, 0.3) is 0 Å². The van der Waals surface area contributed by atoms with Crippen LogP contribution in [-0.2, 0) is 0 Å². The largest absolute Gasteiger partial charge is 0.388 e. The van der Waals surface area contributed by atoms with Crippen LogP contribution in [0.1, 0.15) is 11.1 Å². The number of allylic oxidation sites excluding steroid dienone is 2. The summed E-state index contributed by atoms with van der Waals surface area (Å²) in [4.78, 5) is 3.44. The van der Waals surface area contributed by atoms with E-state index in [0.29, 0.717) is 6.04 Å². The van der Waals surface area contributed by atoms with Gasteiger partial charge in [-0.15, -0.1) is 0 Å². The first-order valence-corrected chi connectivity index (χ1v) is 20.3. The van der Waals surface area contributed by atoms with Crippen LogP contribution < -0.4 is 42.2 Å². The molecular weight excluding hydrogens is 761 g/mol. The van der Waals surface area contributed by atoms with Crippen molar-refractivity contribution in [2.75, 3.05) is 46.0 Å². The Labute approximate surface area is 369 Å². The summed E-state index contributed by atoms with van der Waals surface area (Å²) >= 11 is 0. The number of hydrogen-bond acceptors (Lipinski definition) is 6. The predicted molar refractivity (Wildman–Crippen MR) is 269 cm³/mol. The molecule has 0 heterocycles. The van der Waals surface area contributed by atoms with Gasteiger partial charge in [-0.2, -0.15) is 0 Å². The van der Waals surface area contributed by atoms with Crippen LogP contribution in [0.5, 0.6) is 0 Å². The average molecular weight is 821 g/mol. The Hall–Kier alpha value is -7.55. The van der Waals surface area contributed by atoms with E-state index in [4.69, 9.17) is 0 Å². The van der Waals surface area contributed by atoms with Crippen LogP contribution >= 0.6 is 0 Å². The van der Waals surface area contributed by atoms with E-state index in [1.54, 1.807) is 0 Å². The maximum atomic E-state index is 3.45. The lowest BCUT2D eigenvalue weighted by Gasteiger charge is -2.11. The number of hydrogen-bond donors (Lipinski definition) is 8. The Morgan fingerprint density at radius 3 is 0.871 bits per heavy atom. The van der Waals surface area contributed by atoms with E-state index in [1.165, 1.54) is 11.1 Å². The van der Waals surface area contributed by atoms with E-state index in [0.717, 1.165) is 74.0 Å². The van der Waals surface area contributed by atoms with E-state index in [-0.39, 0.29) is 14.9 Å². The van der Waals surface area contributed by atoms with Crippen molar-refractivity contribution in [3.63, 3.8) is 0 Å². The molecule has 7 aromatic carbocycles. The Balaban J connectivity index is 0.000000227. The highest BCUT2D eigenvalue weighted by Gasteiger charge is 2.10. The van der Waals surface area contributed by atoms with Gasteiger partial charge in [0, 0.05) is 93.9 Å². The molecule has 0 amide bonds. The van der Waals surface area contributed by atoms with Gasteiger partial charge in [-0.05, 0) is 159 Å². The van der Waals surface area contributed by atoms with Gasteiger partial charge in [0.05, 0.1) is 7.05 Å². The quantitative estimate of drug-likeness (QED) is 0.0552. The van der Waals surface area contributed by atoms with Gasteiger partial charge in [0.1, 0.15) is 6.04 Å². The van der Waals surface area contributed by atoms with E-state index in [2.05, 4.69) is 257 Å². The lowest BCUT2D eigenvalue weighted by molar-refractivity contribution is -0.642. The minimum atomic E-state index is 0. The molecule has 0 fully saturated rings. The second-order valence-electron chi connectivity index (χ2n) is 14.7. The summed E-state index contributed by atoms with van der Waals surface area (Å²) < 4.78 is 0. The molecule has 9 N–H and O–H groups in total. The average Bonchev–Trinajstić information content (AvgIpc) is 3.29. The van der Waals surface area contributed by atoms with Gasteiger partial charge < -0.3 is 52.1 Å². The fourth-order valence-electron chi connectivity index (χ4n) is 6.40. The molecule has 316 valence electrons. The molecule has 0 spiro atoms. The molecule has 0 aromatic heterocycles. The minimum absolute atomic E-state index is 0. The smallest absolute Gasteiger partial charge is 0.204 e. The predicted octanol–water partition coefficient (Wildman–Crippen LogP) is 11.5. The maximum Gasteiger partial charge on any atom is 0.204 e. The molecule has 8 heteroatoms. The van der Waals surface area contributed by atoms with Crippen molar-refractivity contribution in [1.29, 1.82) is 0 Å². The summed E-state index contributed by atoms with van der Waals surface area (Å²) in [5, 5.41) is 22.5. The van der Waals surface area contributed by atoms with Crippen molar-refractivity contribution in [3.05, 3.63) is 220 Å². The topological polar surface area (TPSA) is 103 Å². The SMILES string of the molecule is CNc1ccc(Nc2ccc(Nc3ccc(Nc4ccc(C)cc4)cc3)cc2)cc1.C[NH2+]C1C=CC(=[NH+]c2ccc(Nc3ccc(Nc4ccc(C)cc4)cc3)cc2)C=C1.[CH3-].[CH3-]. The molecule has 62 heavy (non-hydrogen) atoms. The van der Waals surface area contributed by atoms with Crippen molar-refractivity contribution in [1.82, 2.24) is 0 Å². The summed E-state index contributed by atoms with van der Waals surface area (Å²) in [5.74, 6) is 0. The number of nitrogens with two attached hydrogens (primary N) is 1. The Kier molecular flexibility index (Phi) is 16.7. The fourth-order valence-corrected chi connectivity index (χ4v) is 6.40. The second kappa shape index (κ2) is 22.7. The number of rotatable bonds is 13. The zero-order valence-electron chi connectivity index (χ0n) is 36.6. The highest BCUT2D eigenvalue weighted by atomic mass is 14.9. The van der Waals surface area contributed by atoms with Crippen molar-refractivity contribution >= 4 is 74.0 Å². The Bertz CT molecular complexity index is 2470. The normalized spacial score (nSPS) is 12.3. The first-order valence-electron chi connectivity index (χ1n) is 20.3. The number of quaternary nitrogens is 1. The second-order valence-corrected chi connectivity index (χ2v) is 14.7. The molecule has 0 saturated heterocycles. The first-order chi connectivity index (χ1) is 29.3. The van der Waals surface area contributed by atoms with E-state index in [1.807, 2.05) is 7.05 Å². The van der Waals surface area contributed by atoms with Gasteiger partial charge in [0.2, 0.25) is 11.4 Å². The highest BCUT2D eigenvalue weighted by Crippen LogP contribution is 2.26. The number of benzene rings is 7. The van der Waals surface area contributed by atoms with Gasteiger partial charge >= 0.3 is 0 Å². The van der Waals surface area contributed by atoms with E-state index >= 15 is 0 Å². The van der Waals surface area contributed by atoms with Crippen LogP contribution in [0, 0.1) is 28.7 Å². The summed E-state index contributed by atoms with van der Waals surface area (Å²) in [6.07, 6.45) is 8.64. The fraction of sp³-hybridized carbons (Fsp3) is 0.0926. The third kappa shape index (κ3) is 13.8. The Morgan fingerprint density at radius 1 is 0.371 bits per heavy atom. The van der Waals surface area contributed by atoms with Crippen LogP contribution in [-0.4, -0.2) is 25.8 Å². The first kappa shape index (κ1) is 45.5. The number of nitrogens with one attached hydrogen (secondary N) is 7. The standard InChI is InChI=1S/2C26H26N4.2CH3/c2*1-19-3-5-21(6-4-19)28-23-11-13-25(14-12-23)30-26-17-15-24(16-18-26)29-22-9-7-20(27-2)8-10-22;;/h3-18,27-30H,1-2H3;3-18,20,27-28,30H,1-2H3;2*1H3/q;;2*-1/p+2.